The van der Waals surface area contributed by atoms with Crippen molar-refractivity contribution in [2.45, 2.75) is 25.8 Å². The molecule has 1 aliphatic heterocycles. The number of hydrogen-bond donors (Lipinski definition) is 2. The van der Waals surface area contributed by atoms with Crippen LogP contribution in [0.15, 0.2) is 23.3 Å². The van der Waals surface area contributed by atoms with Gasteiger partial charge in [0.2, 0.25) is 0 Å². The van der Waals surface area contributed by atoms with Gasteiger partial charge in [-0.15, -0.1) is 5.01 Å². The summed E-state index contributed by atoms with van der Waals surface area (Å²) in [6, 6.07) is 4.09. The number of benzene rings is 1. The highest BCUT2D eigenvalue weighted by atomic mass is 16.5. The van der Waals surface area contributed by atoms with Crippen molar-refractivity contribution in [3.8, 4) is 11.5 Å². The summed E-state index contributed by atoms with van der Waals surface area (Å²) in [7, 11) is 1.45. The first kappa shape index (κ1) is 14.8. The maximum atomic E-state index is 12.1. The van der Waals surface area contributed by atoms with E-state index in [-0.39, 0.29) is 5.75 Å². The molecule has 0 aromatic heterocycles. The van der Waals surface area contributed by atoms with Crippen molar-refractivity contribution in [2.75, 3.05) is 7.11 Å². The second-order valence-electron chi connectivity index (χ2n) is 4.91. The van der Waals surface area contributed by atoms with Crippen molar-refractivity contribution in [1.82, 2.24) is 10.3 Å². The minimum Gasteiger partial charge on any atom is -0.504 e. The number of imide groups is 1. The predicted molar refractivity (Wildman–Crippen MR) is 76.3 cm³/mol. The molecule has 0 saturated carbocycles. The monoisotopic (exact) mass is 291 g/mol. The molecule has 1 aromatic rings. The number of carbonyl (C=O) groups is 2. The number of ether oxygens (including phenoxy) is 1. The molecule has 3 amide bonds. The minimum absolute atomic E-state index is 0.0444. The summed E-state index contributed by atoms with van der Waals surface area (Å²) < 4.78 is 4.93. The number of phenolic OH excluding ortho intramolecular Hbond substituents is 1. The summed E-state index contributed by atoms with van der Waals surface area (Å²) in [4.78, 5) is 23.9. The van der Waals surface area contributed by atoms with Gasteiger partial charge in [-0.1, -0.05) is 6.92 Å². The van der Waals surface area contributed by atoms with Gasteiger partial charge in [0.05, 0.1) is 13.3 Å². The number of amides is 3. The summed E-state index contributed by atoms with van der Waals surface area (Å²) in [5, 5.41) is 16.9. The maximum absolute atomic E-state index is 12.1. The number of aromatic hydroxyl groups is 1. The number of phenols is 1. The number of hydrazone groups is 1. The molecule has 1 heterocycles. The number of carbonyl (C=O) groups excluding carboxylic acids is 2. The van der Waals surface area contributed by atoms with Crippen LogP contribution in [-0.4, -0.2) is 40.9 Å². The molecule has 112 valence electrons. The number of urea groups is 1. The lowest BCUT2D eigenvalue weighted by molar-refractivity contribution is -0.130. The Kier molecular flexibility index (Phi) is 3.84. The van der Waals surface area contributed by atoms with Gasteiger partial charge in [-0.2, -0.15) is 5.10 Å². The third-order valence-corrected chi connectivity index (χ3v) is 3.47. The van der Waals surface area contributed by atoms with Crippen LogP contribution >= 0.6 is 0 Å². The molecule has 7 heteroatoms. The van der Waals surface area contributed by atoms with E-state index in [1.807, 2.05) is 6.92 Å². The van der Waals surface area contributed by atoms with Gasteiger partial charge in [-0.05, 0) is 37.1 Å². The van der Waals surface area contributed by atoms with Crippen molar-refractivity contribution >= 4 is 18.2 Å². The molecular weight excluding hydrogens is 274 g/mol. The second-order valence-corrected chi connectivity index (χ2v) is 4.91. The van der Waals surface area contributed by atoms with Crippen LogP contribution < -0.4 is 10.1 Å². The molecule has 2 rings (SSSR count). The molecule has 1 aromatic carbocycles. The van der Waals surface area contributed by atoms with E-state index < -0.39 is 17.5 Å². The fraction of sp³-hybridized carbons (Fsp3) is 0.357. The molecule has 1 atom stereocenters. The smallest absolute Gasteiger partial charge is 0.346 e. The largest absolute Gasteiger partial charge is 0.504 e. The highest BCUT2D eigenvalue weighted by molar-refractivity contribution is 6.07. The Morgan fingerprint density at radius 1 is 1.48 bits per heavy atom. The van der Waals surface area contributed by atoms with Gasteiger partial charge in [-0.3, -0.25) is 4.79 Å². The zero-order chi connectivity index (χ0) is 15.6. The fourth-order valence-electron chi connectivity index (χ4n) is 1.92. The van der Waals surface area contributed by atoms with Gasteiger partial charge in [0.1, 0.15) is 5.54 Å². The van der Waals surface area contributed by atoms with Gasteiger partial charge in [0, 0.05) is 0 Å². The van der Waals surface area contributed by atoms with E-state index in [0.29, 0.717) is 17.7 Å². The Hall–Kier alpha value is -2.57. The van der Waals surface area contributed by atoms with E-state index in [2.05, 4.69) is 10.4 Å². The topological polar surface area (TPSA) is 91.2 Å². The third kappa shape index (κ3) is 2.67. The normalized spacial score (nSPS) is 22.0. The molecule has 1 saturated heterocycles. The van der Waals surface area contributed by atoms with Crippen LogP contribution in [-0.2, 0) is 4.79 Å². The Morgan fingerprint density at radius 2 is 2.19 bits per heavy atom. The minimum atomic E-state index is -0.920. The molecule has 0 bridgehead atoms. The van der Waals surface area contributed by atoms with Crippen molar-refractivity contribution < 1.29 is 19.4 Å². The lowest BCUT2D eigenvalue weighted by Gasteiger charge is -2.17. The van der Waals surface area contributed by atoms with Crippen LogP contribution in [0.4, 0.5) is 4.79 Å². The summed E-state index contributed by atoms with van der Waals surface area (Å²) in [5.74, 6) is -0.110. The maximum Gasteiger partial charge on any atom is 0.346 e. The summed E-state index contributed by atoms with van der Waals surface area (Å²) in [5.41, 5.74) is -0.379. The van der Waals surface area contributed by atoms with Crippen LogP contribution in [0.1, 0.15) is 25.8 Å². The molecule has 21 heavy (non-hydrogen) atoms. The Labute approximate surface area is 122 Å². The highest BCUT2D eigenvalue weighted by Crippen LogP contribution is 2.26. The van der Waals surface area contributed by atoms with Crippen LogP contribution in [0, 0.1) is 0 Å². The van der Waals surface area contributed by atoms with Crippen LogP contribution in [0.5, 0.6) is 11.5 Å². The van der Waals surface area contributed by atoms with E-state index in [1.165, 1.54) is 19.4 Å². The predicted octanol–water partition coefficient (Wildman–Crippen LogP) is 1.46. The Balaban J connectivity index is 2.20. The van der Waals surface area contributed by atoms with Crippen LogP contribution in [0.3, 0.4) is 0 Å². The molecule has 1 fully saturated rings. The van der Waals surface area contributed by atoms with Gasteiger partial charge >= 0.3 is 6.03 Å². The molecule has 2 N–H and O–H groups in total. The lowest BCUT2D eigenvalue weighted by atomic mass is 10.00. The van der Waals surface area contributed by atoms with E-state index in [1.54, 1.807) is 19.1 Å². The summed E-state index contributed by atoms with van der Waals surface area (Å²) >= 11 is 0. The molecule has 0 unspecified atom stereocenters. The molecule has 0 spiro atoms. The number of rotatable bonds is 4. The molecule has 0 aliphatic carbocycles. The van der Waals surface area contributed by atoms with Crippen molar-refractivity contribution in [3.63, 3.8) is 0 Å². The quantitative estimate of drug-likeness (QED) is 0.649. The van der Waals surface area contributed by atoms with Gasteiger partial charge in [0.25, 0.3) is 5.91 Å². The lowest BCUT2D eigenvalue weighted by Crippen LogP contribution is -2.42. The average molecular weight is 291 g/mol. The van der Waals surface area contributed by atoms with Crippen molar-refractivity contribution in [1.29, 1.82) is 0 Å². The van der Waals surface area contributed by atoms with Crippen LogP contribution in [0.25, 0.3) is 0 Å². The average Bonchev–Trinajstić information content (AvgIpc) is 2.68. The third-order valence-electron chi connectivity index (χ3n) is 3.47. The first-order valence-electron chi connectivity index (χ1n) is 6.49. The number of methoxy groups -OCH3 is 1. The first-order chi connectivity index (χ1) is 9.91. The zero-order valence-electron chi connectivity index (χ0n) is 12.1. The summed E-state index contributed by atoms with van der Waals surface area (Å²) in [6.07, 6.45) is 1.81. The van der Waals surface area contributed by atoms with Gasteiger partial charge < -0.3 is 15.2 Å². The summed E-state index contributed by atoms with van der Waals surface area (Å²) in [6.45, 7) is 3.47. The molecular formula is C14H17N3O4. The molecule has 7 nitrogen and oxygen atoms in total. The Bertz CT molecular complexity index is 614. The van der Waals surface area contributed by atoms with E-state index >= 15 is 0 Å². The van der Waals surface area contributed by atoms with Gasteiger partial charge in [0.15, 0.2) is 11.5 Å². The van der Waals surface area contributed by atoms with Crippen LogP contribution in [0.2, 0.25) is 0 Å². The zero-order valence-corrected chi connectivity index (χ0v) is 12.1. The van der Waals surface area contributed by atoms with E-state index in [4.69, 9.17) is 4.74 Å². The number of hydrogen-bond acceptors (Lipinski definition) is 5. The van der Waals surface area contributed by atoms with Crippen molar-refractivity contribution in [2.24, 2.45) is 5.10 Å². The molecule has 0 radical (unpaired) electrons. The fourth-order valence-corrected chi connectivity index (χ4v) is 1.92. The first-order valence-corrected chi connectivity index (χ1v) is 6.49. The Morgan fingerprint density at radius 3 is 2.71 bits per heavy atom. The van der Waals surface area contributed by atoms with E-state index in [0.717, 1.165) is 5.01 Å². The van der Waals surface area contributed by atoms with E-state index in [9.17, 15) is 14.7 Å². The molecule has 1 aliphatic rings. The number of nitrogens with zero attached hydrogens (tertiary/aromatic N) is 2. The van der Waals surface area contributed by atoms with Gasteiger partial charge in [-0.25, -0.2) is 4.79 Å². The van der Waals surface area contributed by atoms with Crippen molar-refractivity contribution in [3.05, 3.63) is 23.8 Å². The second kappa shape index (κ2) is 5.43. The SMILES string of the molecule is CC[C@@]1(C)NC(=O)N(/N=C\c2ccc(OC)c(O)c2)C1=O. The number of nitrogens with one attached hydrogen (secondary N) is 1. The standard InChI is InChI=1S/C14H17N3O4/c1-4-14(2)12(19)17(13(20)16-14)15-8-9-5-6-11(21-3)10(18)7-9/h5-8,18H,4H2,1-3H3,(H,16,20)/b15-8-/t14-/m1/s1. The highest BCUT2D eigenvalue weighted by Gasteiger charge is 2.46.